The van der Waals surface area contributed by atoms with Gasteiger partial charge in [0.05, 0.1) is 12.1 Å². The molecule has 0 radical (unpaired) electrons. The fourth-order valence-electron chi connectivity index (χ4n) is 3.70. The molecule has 0 spiro atoms. The average molecular weight is 446 g/mol. The highest BCUT2D eigenvalue weighted by Crippen LogP contribution is 2.25. The number of hydrogen-bond acceptors (Lipinski definition) is 6. The zero-order valence-electron chi connectivity index (χ0n) is 18.2. The van der Waals surface area contributed by atoms with Crippen molar-refractivity contribution in [1.82, 2.24) is 25.4 Å². The van der Waals surface area contributed by atoms with E-state index in [1.54, 1.807) is 29.3 Å². The highest BCUT2D eigenvalue weighted by molar-refractivity contribution is 5.79. The van der Waals surface area contributed by atoms with Crippen LogP contribution in [-0.4, -0.2) is 62.0 Å². The third-order valence-electron chi connectivity index (χ3n) is 5.44. The van der Waals surface area contributed by atoms with Crippen LogP contribution in [0.15, 0.2) is 36.8 Å². The number of pyridine rings is 1. The van der Waals surface area contributed by atoms with Gasteiger partial charge in [0.15, 0.2) is 0 Å². The molecule has 10 heteroatoms. The number of hydrogen-bond donors (Lipinski definition) is 4. The Morgan fingerprint density at radius 1 is 1.28 bits per heavy atom. The Kier molecular flexibility index (Phi) is 10.3. The van der Waals surface area contributed by atoms with Gasteiger partial charge in [0.2, 0.25) is 11.8 Å². The summed E-state index contributed by atoms with van der Waals surface area (Å²) in [5.41, 5.74) is 2.09. The molecule has 1 fully saturated rings. The predicted molar refractivity (Wildman–Crippen MR) is 117 cm³/mol. The fraction of sp³-hybridized carbons (Fsp3) is 0.500. The molecule has 0 aromatic carbocycles. The second-order valence-corrected chi connectivity index (χ2v) is 7.68. The van der Waals surface area contributed by atoms with Gasteiger partial charge in [-0.3, -0.25) is 24.0 Å². The van der Waals surface area contributed by atoms with Crippen LogP contribution in [0.3, 0.4) is 0 Å². The molecule has 2 aromatic heterocycles. The van der Waals surface area contributed by atoms with Crippen LogP contribution in [0, 0.1) is 12.8 Å². The summed E-state index contributed by atoms with van der Waals surface area (Å²) in [6, 6.07) is 5.31. The van der Waals surface area contributed by atoms with Crippen molar-refractivity contribution >= 4 is 18.3 Å². The van der Waals surface area contributed by atoms with Crippen LogP contribution in [0.25, 0.3) is 0 Å². The summed E-state index contributed by atoms with van der Waals surface area (Å²) < 4.78 is 1.69. The first-order valence-corrected chi connectivity index (χ1v) is 10.7. The van der Waals surface area contributed by atoms with Crippen LogP contribution >= 0.6 is 0 Å². The number of aliphatic hydroxyl groups excluding tert-OH is 1. The highest BCUT2D eigenvalue weighted by atomic mass is 16.3. The van der Waals surface area contributed by atoms with Gasteiger partial charge < -0.3 is 20.8 Å². The minimum atomic E-state index is -0.621. The predicted octanol–water partition coefficient (Wildman–Crippen LogP) is 0.682. The highest BCUT2D eigenvalue weighted by Gasteiger charge is 2.33. The molecule has 0 unspecified atom stereocenters. The van der Waals surface area contributed by atoms with Crippen LogP contribution < -0.4 is 10.6 Å². The molecule has 1 aliphatic carbocycles. The standard InChI is InChI=1S/C21H29N5O3.CH2O2/c1-15-4-2-9-22-17(15)7-11-23-21(29)16-5-6-19(27)18(14-16)25-20(28)8-13-26-12-3-10-24-26;2-1-3/h2-4,9-10,12,16,18-19,27H,5-8,11,13-14H2,1H3,(H,23,29)(H,25,28);1H,(H,2,3)/t16-,18+,19+;/m0./s1. The smallest absolute Gasteiger partial charge is 0.290 e. The Hall–Kier alpha value is -3.27. The fourth-order valence-corrected chi connectivity index (χ4v) is 3.70. The van der Waals surface area contributed by atoms with Crippen molar-refractivity contribution in [1.29, 1.82) is 0 Å². The zero-order valence-corrected chi connectivity index (χ0v) is 18.2. The summed E-state index contributed by atoms with van der Waals surface area (Å²) in [4.78, 5) is 37.5. The molecule has 3 rings (SSSR count). The lowest BCUT2D eigenvalue weighted by Gasteiger charge is -2.33. The van der Waals surface area contributed by atoms with E-state index in [1.165, 1.54) is 0 Å². The quantitative estimate of drug-likeness (QED) is 0.437. The van der Waals surface area contributed by atoms with Gasteiger partial charge in [-0.05, 0) is 43.9 Å². The molecule has 4 N–H and O–H groups in total. The van der Waals surface area contributed by atoms with Crippen LogP contribution in [-0.2, 0) is 27.3 Å². The Bertz CT molecular complexity index is 858. The first-order chi connectivity index (χ1) is 15.4. The number of carbonyl (C=O) groups excluding carboxylic acids is 2. The molecule has 174 valence electrons. The molecule has 0 aliphatic heterocycles. The minimum Gasteiger partial charge on any atom is -0.483 e. The summed E-state index contributed by atoms with van der Waals surface area (Å²) in [6.07, 6.45) is 7.14. The number of aryl methyl sites for hydroxylation is 2. The van der Waals surface area contributed by atoms with Gasteiger partial charge in [-0.25, -0.2) is 0 Å². The van der Waals surface area contributed by atoms with E-state index < -0.39 is 12.1 Å². The van der Waals surface area contributed by atoms with Crippen molar-refractivity contribution in [3.05, 3.63) is 48.0 Å². The van der Waals surface area contributed by atoms with E-state index in [0.29, 0.717) is 38.8 Å². The van der Waals surface area contributed by atoms with Gasteiger partial charge in [0, 0.05) is 56.1 Å². The lowest BCUT2D eigenvalue weighted by Crippen LogP contribution is -2.49. The topological polar surface area (TPSA) is 146 Å². The lowest BCUT2D eigenvalue weighted by atomic mass is 9.83. The number of aliphatic hydroxyl groups is 1. The summed E-state index contributed by atoms with van der Waals surface area (Å²) in [5.74, 6) is -0.378. The maximum absolute atomic E-state index is 12.6. The third-order valence-corrected chi connectivity index (χ3v) is 5.44. The van der Waals surface area contributed by atoms with E-state index in [0.717, 1.165) is 11.3 Å². The van der Waals surface area contributed by atoms with Gasteiger partial charge in [-0.15, -0.1) is 0 Å². The minimum absolute atomic E-state index is 0.0266. The van der Waals surface area contributed by atoms with E-state index >= 15 is 0 Å². The van der Waals surface area contributed by atoms with Crippen molar-refractivity contribution in [3.8, 4) is 0 Å². The molecule has 1 saturated carbocycles. The summed E-state index contributed by atoms with van der Waals surface area (Å²) >= 11 is 0. The normalized spacial score (nSPS) is 19.9. The summed E-state index contributed by atoms with van der Waals surface area (Å²) in [6.45, 7) is 2.77. The number of amides is 2. The van der Waals surface area contributed by atoms with Crippen LogP contribution in [0.5, 0.6) is 0 Å². The van der Waals surface area contributed by atoms with Crippen molar-refractivity contribution < 1.29 is 24.6 Å². The molecule has 2 aromatic rings. The summed E-state index contributed by atoms with van der Waals surface area (Å²) in [7, 11) is 0. The van der Waals surface area contributed by atoms with Crippen LogP contribution in [0.2, 0.25) is 0 Å². The largest absolute Gasteiger partial charge is 0.483 e. The Morgan fingerprint density at radius 2 is 2.06 bits per heavy atom. The van der Waals surface area contributed by atoms with Crippen molar-refractivity contribution in [2.24, 2.45) is 5.92 Å². The Morgan fingerprint density at radius 3 is 2.75 bits per heavy atom. The molecular weight excluding hydrogens is 414 g/mol. The molecule has 0 saturated heterocycles. The maximum atomic E-state index is 12.6. The Labute approximate surface area is 187 Å². The van der Waals surface area contributed by atoms with Crippen LogP contribution in [0.1, 0.15) is 36.9 Å². The monoisotopic (exact) mass is 445 g/mol. The third kappa shape index (κ3) is 8.10. The number of aromatic nitrogens is 3. The lowest BCUT2D eigenvalue weighted by molar-refractivity contribution is -0.129. The van der Waals surface area contributed by atoms with E-state index in [4.69, 9.17) is 9.90 Å². The number of rotatable bonds is 8. The van der Waals surface area contributed by atoms with E-state index in [2.05, 4.69) is 20.7 Å². The van der Waals surface area contributed by atoms with Gasteiger partial charge in [-0.2, -0.15) is 5.10 Å². The molecule has 2 heterocycles. The number of nitrogens with one attached hydrogen (secondary N) is 2. The number of carboxylic acid groups (broad SMARTS) is 1. The van der Waals surface area contributed by atoms with Crippen molar-refractivity contribution in [2.45, 2.75) is 57.7 Å². The molecule has 1 aliphatic rings. The average Bonchev–Trinajstić information content (AvgIpc) is 3.29. The second-order valence-electron chi connectivity index (χ2n) is 7.68. The Balaban J connectivity index is 0.00000114. The van der Waals surface area contributed by atoms with E-state index in [9.17, 15) is 14.7 Å². The molecule has 2 amide bonds. The van der Waals surface area contributed by atoms with E-state index in [1.807, 2.05) is 19.1 Å². The number of carbonyl (C=O) groups is 3. The molecule has 32 heavy (non-hydrogen) atoms. The van der Waals surface area contributed by atoms with Gasteiger partial charge >= 0.3 is 0 Å². The first kappa shape index (κ1) is 25.0. The molecule has 0 bridgehead atoms. The SMILES string of the molecule is Cc1cccnc1CCNC(=O)[C@H]1CC[C@@H](O)[C@H](NC(=O)CCn2cccn2)C1.O=CO. The second kappa shape index (κ2) is 13.2. The molecule has 3 atom stereocenters. The van der Waals surface area contributed by atoms with Crippen molar-refractivity contribution in [2.75, 3.05) is 6.54 Å². The van der Waals surface area contributed by atoms with Crippen LogP contribution in [0.4, 0.5) is 0 Å². The van der Waals surface area contributed by atoms with Gasteiger partial charge in [0.25, 0.3) is 6.47 Å². The van der Waals surface area contributed by atoms with E-state index in [-0.39, 0.29) is 30.6 Å². The molecule has 10 nitrogen and oxygen atoms in total. The summed E-state index contributed by atoms with van der Waals surface area (Å²) in [5, 5.41) is 27.1. The van der Waals surface area contributed by atoms with Gasteiger partial charge in [-0.1, -0.05) is 6.07 Å². The maximum Gasteiger partial charge on any atom is 0.290 e. The first-order valence-electron chi connectivity index (χ1n) is 10.7. The van der Waals surface area contributed by atoms with Crippen molar-refractivity contribution in [3.63, 3.8) is 0 Å². The van der Waals surface area contributed by atoms with Gasteiger partial charge in [0.1, 0.15) is 0 Å². The number of nitrogens with zero attached hydrogens (tertiary/aromatic N) is 3. The molecular formula is C22H31N5O5. The zero-order chi connectivity index (χ0) is 23.3.